The fourth-order valence-corrected chi connectivity index (χ4v) is 4.03. The van der Waals surface area contributed by atoms with Crippen LogP contribution < -0.4 is 15.2 Å². The van der Waals surface area contributed by atoms with Gasteiger partial charge in [-0.3, -0.25) is 10.1 Å². The average Bonchev–Trinajstić information content (AvgIpc) is 3.19. The van der Waals surface area contributed by atoms with E-state index in [4.69, 9.17) is 4.74 Å². The zero-order valence-electron chi connectivity index (χ0n) is 16.4. The first-order valence-electron chi connectivity index (χ1n) is 9.44. The lowest BCUT2D eigenvalue weighted by Crippen LogP contribution is -2.79. The standard InChI is InChI=1S/C24H20N2O3S/c1-29-23-13-7-16(6-12-22(28)17-8-10-19(27)11-9-17)14-18(23)15-30-24-25-20-4-2-3-5-21(20)26-24/h2-14,27H,15H2,1H3,(H,25,26)/b12-6+. The third-order valence-corrected chi connectivity index (χ3v) is 5.65. The van der Waals surface area contributed by atoms with Gasteiger partial charge < -0.3 is 9.84 Å². The van der Waals surface area contributed by atoms with Crippen LogP contribution in [0.15, 0.2) is 77.8 Å². The van der Waals surface area contributed by atoms with Crippen molar-refractivity contribution in [1.82, 2.24) is 0 Å². The van der Waals surface area contributed by atoms with Crippen LogP contribution in [-0.2, 0) is 5.75 Å². The molecule has 0 atom stereocenters. The molecule has 0 unspecified atom stereocenters. The van der Waals surface area contributed by atoms with Gasteiger partial charge in [-0.2, -0.15) is 4.99 Å². The van der Waals surface area contributed by atoms with Gasteiger partial charge in [0.15, 0.2) is 11.5 Å². The molecule has 3 aromatic rings. The molecule has 1 heterocycles. The number of nitrogens with two attached hydrogens (primary N) is 1. The minimum Gasteiger partial charge on any atom is -0.872 e. The smallest absolute Gasteiger partial charge is 0.266 e. The van der Waals surface area contributed by atoms with Crippen molar-refractivity contribution in [3.8, 4) is 11.5 Å². The highest BCUT2D eigenvalue weighted by Gasteiger charge is 2.19. The number of carbonyl (C=O) groups is 1. The Morgan fingerprint density at radius 1 is 1.13 bits per heavy atom. The summed E-state index contributed by atoms with van der Waals surface area (Å²) in [4.78, 5) is 17.0. The number of allylic oxidation sites excluding steroid dienone is 1. The third-order valence-electron chi connectivity index (χ3n) is 4.69. The summed E-state index contributed by atoms with van der Waals surface area (Å²) in [7, 11) is 1.65. The van der Waals surface area contributed by atoms with Crippen molar-refractivity contribution in [2.24, 2.45) is 4.99 Å². The maximum Gasteiger partial charge on any atom is 0.266 e. The Labute approximate surface area is 179 Å². The van der Waals surface area contributed by atoms with Crippen LogP contribution in [0.5, 0.6) is 11.5 Å². The molecule has 0 aromatic heterocycles. The van der Waals surface area contributed by atoms with E-state index in [9.17, 15) is 9.90 Å². The van der Waals surface area contributed by atoms with Crippen LogP contribution in [0, 0.1) is 0 Å². The van der Waals surface area contributed by atoms with Crippen LogP contribution in [0.4, 0.5) is 11.4 Å². The number of hydrogen-bond acceptors (Lipinski definition) is 5. The molecule has 0 spiro atoms. The Hall–Kier alpha value is -3.35. The summed E-state index contributed by atoms with van der Waals surface area (Å²) in [6.45, 7) is 0. The minimum absolute atomic E-state index is 0.111. The van der Waals surface area contributed by atoms with Crippen LogP contribution in [0.3, 0.4) is 0 Å². The van der Waals surface area contributed by atoms with Crippen LogP contribution in [0.2, 0.25) is 0 Å². The molecule has 1 aliphatic heterocycles. The molecule has 0 amide bonds. The normalized spacial score (nSPS) is 12.6. The second-order valence-corrected chi connectivity index (χ2v) is 7.73. The van der Waals surface area contributed by atoms with Crippen LogP contribution in [0.1, 0.15) is 21.5 Å². The molecule has 30 heavy (non-hydrogen) atoms. The summed E-state index contributed by atoms with van der Waals surface area (Å²) in [6, 6.07) is 19.8. The lowest BCUT2D eigenvalue weighted by Gasteiger charge is -2.08. The molecular weight excluding hydrogens is 396 g/mol. The van der Waals surface area contributed by atoms with Crippen molar-refractivity contribution >= 4 is 40.2 Å². The van der Waals surface area contributed by atoms with Crippen molar-refractivity contribution in [2.75, 3.05) is 7.11 Å². The van der Waals surface area contributed by atoms with Gasteiger partial charge in [0.1, 0.15) is 11.4 Å². The summed E-state index contributed by atoms with van der Waals surface area (Å²) < 4.78 is 5.50. The van der Waals surface area contributed by atoms with Gasteiger partial charge in [-0.25, -0.2) is 0 Å². The van der Waals surface area contributed by atoms with Crippen molar-refractivity contribution in [3.63, 3.8) is 0 Å². The van der Waals surface area contributed by atoms with Gasteiger partial charge in [-0.15, -0.1) is 5.75 Å². The molecule has 1 aliphatic rings. The van der Waals surface area contributed by atoms with Gasteiger partial charge in [0.25, 0.3) is 5.17 Å². The van der Waals surface area contributed by atoms with Gasteiger partial charge in [0.2, 0.25) is 0 Å². The molecule has 0 saturated carbocycles. The van der Waals surface area contributed by atoms with E-state index in [1.807, 2.05) is 36.4 Å². The van der Waals surface area contributed by atoms with Crippen LogP contribution >= 0.6 is 11.8 Å². The van der Waals surface area contributed by atoms with Crippen molar-refractivity contribution in [3.05, 3.63) is 89.5 Å². The van der Waals surface area contributed by atoms with Gasteiger partial charge in [0, 0.05) is 22.9 Å². The quantitative estimate of drug-likeness (QED) is 0.377. The molecule has 0 aliphatic carbocycles. The summed E-state index contributed by atoms with van der Waals surface area (Å²) >= 11 is 1.65. The van der Waals surface area contributed by atoms with E-state index in [0.717, 1.165) is 33.4 Å². The number of fused-ring (bicyclic) bond motifs is 1. The number of rotatable bonds is 6. The number of hydrogen-bond donors (Lipinski definition) is 1. The van der Waals surface area contributed by atoms with Crippen molar-refractivity contribution < 1.29 is 20.0 Å². The summed E-state index contributed by atoms with van der Waals surface area (Å²) in [5, 5.41) is 14.2. The zero-order chi connectivity index (χ0) is 20.9. The van der Waals surface area contributed by atoms with E-state index in [2.05, 4.69) is 16.4 Å². The molecule has 6 heteroatoms. The topological polar surface area (TPSA) is 78.3 Å². The van der Waals surface area contributed by atoms with E-state index in [0.29, 0.717) is 11.3 Å². The highest BCUT2D eigenvalue weighted by atomic mass is 32.2. The molecule has 3 aromatic carbocycles. The number of thioether (sulfide) groups is 1. The van der Waals surface area contributed by atoms with E-state index in [-0.39, 0.29) is 11.5 Å². The van der Waals surface area contributed by atoms with Crippen LogP contribution in [-0.4, -0.2) is 18.1 Å². The number of carbonyl (C=O) groups excluding carboxylic acids is 1. The highest BCUT2D eigenvalue weighted by molar-refractivity contribution is 8.12. The number of para-hydroxylation sites is 2. The zero-order valence-corrected chi connectivity index (χ0v) is 17.2. The Morgan fingerprint density at radius 3 is 2.70 bits per heavy atom. The number of quaternary nitrogens is 1. The summed E-state index contributed by atoms with van der Waals surface area (Å²) in [5.41, 5.74) is 4.55. The highest BCUT2D eigenvalue weighted by Crippen LogP contribution is 2.29. The Morgan fingerprint density at radius 2 is 1.93 bits per heavy atom. The second-order valence-electron chi connectivity index (χ2n) is 6.74. The number of ketones is 1. The molecular formula is C24H20N2O3S. The van der Waals surface area contributed by atoms with Gasteiger partial charge in [0.05, 0.1) is 7.11 Å². The lowest BCUT2D eigenvalue weighted by atomic mass is 10.1. The first kappa shape index (κ1) is 19.9. The first-order chi connectivity index (χ1) is 14.6. The van der Waals surface area contributed by atoms with E-state index in [1.165, 1.54) is 18.2 Å². The minimum atomic E-state index is -0.144. The number of methoxy groups -OCH3 is 1. The van der Waals surface area contributed by atoms with Crippen LogP contribution in [0.25, 0.3) is 6.08 Å². The molecule has 150 valence electrons. The van der Waals surface area contributed by atoms with Crippen molar-refractivity contribution in [2.45, 2.75) is 5.75 Å². The third kappa shape index (κ3) is 4.62. The Kier molecular flexibility index (Phi) is 5.97. The molecule has 0 bridgehead atoms. The average molecular weight is 417 g/mol. The molecule has 0 radical (unpaired) electrons. The molecule has 2 N–H and O–H groups in total. The first-order valence-corrected chi connectivity index (χ1v) is 10.4. The number of aliphatic imine (C=N–C) groups is 1. The number of nitrogens with zero attached hydrogens (tertiary/aromatic N) is 1. The predicted octanol–water partition coefficient (Wildman–Crippen LogP) is 3.79. The fraction of sp³-hybridized carbons (Fsp3) is 0.0833. The molecule has 0 saturated heterocycles. The van der Waals surface area contributed by atoms with Gasteiger partial charge in [-0.05, 0) is 41.6 Å². The Balaban J connectivity index is 1.45. The fourth-order valence-electron chi connectivity index (χ4n) is 3.12. The monoisotopic (exact) mass is 416 g/mol. The van der Waals surface area contributed by atoms with E-state index in [1.54, 1.807) is 37.1 Å². The number of amidine groups is 1. The number of ether oxygens (including phenoxy) is 1. The largest absolute Gasteiger partial charge is 0.872 e. The number of benzene rings is 3. The molecule has 0 fully saturated rings. The van der Waals surface area contributed by atoms with Gasteiger partial charge >= 0.3 is 0 Å². The van der Waals surface area contributed by atoms with E-state index < -0.39 is 0 Å². The Bertz CT molecular complexity index is 1140. The maximum atomic E-state index is 12.3. The molecule has 5 nitrogen and oxygen atoms in total. The van der Waals surface area contributed by atoms with Crippen molar-refractivity contribution in [1.29, 1.82) is 0 Å². The SMILES string of the molecule is COc1ccc(/C=C/C(=O)c2ccc([O-])cc2)cc1CSC1=Nc2ccccc2[NH2+]1. The predicted molar refractivity (Wildman–Crippen MR) is 119 cm³/mol. The lowest BCUT2D eigenvalue weighted by molar-refractivity contribution is -0.432. The maximum absolute atomic E-state index is 12.3. The van der Waals surface area contributed by atoms with E-state index >= 15 is 0 Å². The summed E-state index contributed by atoms with van der Waals surface area (Å²) in [6.07, 6.45) is 3.29. The molecule has 4 rings (SSSR count). The summed E-state index contributed by atoms with van der Waals surface area (Å²) in [5.74, 6) is 1.25. The van der Waals surface area contributed by atoms with Gasteiger partial charge in [-0.1, -0.05) is 48.5 Å². The second kappa shape index (κ2) is 8.98.